The molecular weight excluding hydrogens is 434 g/mol. The predicted molar refractivity (Wildman–Crippen MR) is 126 cm³/mol. The van der Waals surface area contributed by atoms with Crippen molar-refractivity contribution in [1.29, 1.82) is 0 Å². The third-order valence-electron chi connectivity index (χ3n) is 5.40. The number of hydrogen-bond donors (Lipinski definition) is 3. The standard InChI is InChI=1S/C25H27N5O4/c26-25(27)28-14-7-12-20(24(33)34)29-23(32)19-13-15-30(21(31)16-19)22(17-8-3-1-4-9-17)18-10-5-2-6-11-18/h1-6,8-11,13,15,20,22H,7,12,14,16H2,(H5-,26,27,28,29,32,33,34)/t20-/m0/s1. The lowest BCUT2D eigenvalue weighted by molar-refractivity contribution is -0.479. The number of rotatable bonds is 10. The molecule has 34 heavy (non-hydrogen) atoms. The Balaban J connectivity index is 1.79. The van der Waals surface area contributed by atoms with Crippen LogP contribution in [0.25, 0.3) is 0 Å². The Labute approximate surface area is 197 Å². The van der Waals surface area contributed by atoms with Crippen molar-refractivity contribution in [1.82, 2.24) is 5.32 Å². The highest BCUT2D eigenvalue weighted by molar-refractivity contribution is 6.03. The van der Waals surface area contributed by atoms with E-state index in [1.165, 1.54) is 0 Å². The van der Waals surface area contributed by atoms with Crippen LogP contribution in [0.1, 0.15) is 36.4 Å². The van der Waals surface area contributed by atoms with Crippen LogP contribution in [0.5, 0.6) is 0 Å². The molecule has 0 aliphatic carbocycles. The number of carbonyl (C=O) groups excluding carboxylic acids is 3. The summed E-state index contributed by atoms with van der Waals surface area (Å²) < 4.78 is 1.59. The number of carbonyl (C=O) groups is 3. The predicted octanol–water partition coefficient (Wildman–Crippen LogP) is 0.00430. The van der Waals surface area contributed by atoms with Crippen LogP contribution in [0.4, 0.5) is 0 Å². The first-order valence-corrected chi connectivity index (χ1v) is 10.9. The minimum absolute atomic E-state index is 0.0893. The maximum absolute atomic E-state index is 13.1. The zero-order valence-corrected chi connectivity index (χ0v) is 18.6. The molecule has 5 N–H and O–H groups in total. The van der Waals surface area contributed by atoms with Crippen molar-refractivity contribution in [3.63, 3.8) is 0 Å². The van der Waals surface area contributed by atoms with Gasteiger partial charge in [-0.2, -0.15) is 4.58 Å². The van der Waals surface area contributed by atoms with Crippen molar-refractivity contribution in [2.75, 3.05) is 6.54 Å². The number of nitrogens with zero attached hydrogens (tertiary/aromatic N) is 2. The van der Waals surface area contributed by atoms with Crippen molar-refractivity contribution in [3.05, 3.63) is 83.4 Å². The molecule has 2 amide bonds. The highest BCUT2D eigenvalue weighted by Crippen LogP contribution is 2.27. The molecule has 0 radical (unpaired) electrons. The lowest BCUT2D eigenvalue weighted by atomic mass is 9.96. The summed E-state index contributed by atoms with van der Waals surface area (Å²) in [7, 11) is 0. The molecule has 1 atom stereocenters. The Morgan fingerprint density at radius 3 is 2.12 bits per heavy atom. The van der Waals surface area contributed by atoms with Gasteiger partial charge in [0.05, 0.1) is 12.0 Å². The van der Waals surface area contributed by atoms with Crippen molar-refractivity contribution in [2.45, 2.75) is 31.3 Å². The molecule has 2 aromatic rings. The van der Waals surface area contributed by atoms with Gasteiger partial charge in [0.1, 0.15) is 6.42 Å². The molecule has 2 aromatic carbocycles. The van der Waals surface area contributed by atoms with E-state index in [9.17, 15) is 19.5 Å². The van der Waals surface area contributed by atoms with Crippen molar-refractivity contribution >= 4 is 30.0 Å². The Bertz CT molecular complexity index is 1080. The van der Waals surface area contributed by atoms with Gasteiger partial charge in [0.25, 0.3) is 0 Å². The molecule has 1 aliphatic heterocycles. The van der Waals surface area contributed by atoms with Crippen molar-refractivity contribution in [3.8, 4) is 0 Å². The monoisotopic (exact) mass is 461 g/mol. The molecule has 0 fully saturated rings. The number of aliphatic imine (C=N–C) groups is 1. The number of nitrogens with two attached hydrogens (primary N) is 2. The maximum Gasteiger partial charge on any atom is 0.392 e. The second-order valence-electron chi connectivity index (χ2n) is 7.84. The van der Waals surface area contributed by atoms with E-state index in [2.05, 4.69) is 10.3 Å². The molecule has 176 valence electrons. The summed E-state index contributed by atoms with van der Waals surface area (Å²) in [5.41, 5.74) is 12.5. The van der Waals surface area contributed by atoms with Gasteiger partial charge in [-0.05, 0) is 12.8 Å². The third-order valence-corrected chi connectivity index (χ3v) is 5.40. The van der Waals surface area contributed by atoms with Crippen LogP contribution in [-0.2, 0) is 14.4 Å². The van der Waals surface area contributed by atoms with E-state index in [0.717, 1.165) is 11.1 Å². The van der Waals surface area contributed by atoms with E-state index < -0.39 is 17.9 Å². The molecule has 0 spiro atoms. The number of carboxylic acids is 1. The summed E-state index contributed by atoms with van der Waals surface area (Å²) in [5, 5.41) is 13.9. The molecule has 0 unspecified atom stereocenters. The number of allylic oxidation sites excluding steroid dienone is 1. The van der Waals surface area contributed by atoms with Crippen LogP contribution in [0.15, 0.2) is 77.3 Å². The van der Waals surface area contributed by atoms with E-state index in [1.54, 1.807) is 16.9 Å². The van der Waals surface area contributed by atoms with E-state index in [0.29, 0.717) is 6.42 Å². The van der Waals surface area contributed by atoms with E-state index >= 15 is 0 Å². The van der Waals surface area contributed by atoms with Gasteiger partial charge in [0, 0.05) is 29.3 Å². The highest BCUT2D eigenvalue weighted by Gasteiger charge is 2.35. The lowest BCUT2D eigenvalue weighted by Gasteiger charge is -2.21. The molecule has 1 aliphatic rings. The van der Waals surface area contributed by atoms with Gasteiger partial charge in [-0.3, -0.25) is 9.79 Å². The minimum Gasteiger partial charge on any atom is -0.548 e. The number of benzene rings is 2. The molecule has 0 aromatic heterocycles. The average molecular weight is 462 g/mol. The SMILES string of the molecule is NC(N)=NCCC[C@H](NC(=O)C1=CC=[N+](C(c2ccccc2)c2ccccc2)C(=O)C1)C(=O)[O-]. The van der Waals surface area contributed by atoms with Gasteiger partial charge in [-0.25, -0.2) is 4.79 Å². The summed E-state index contributed by atoms with van der Waals surface area (Å²) >= 11 is 0. The number of hydrogen-bond acceptors (Lipinski definition) is 5. The number of nitrogens with one attached hydrogen (secondary N) is 1. The molecule has 9 nitrogen and oxygen atoms in total. The largest absolute Gasteiger partial charge is 0.548 e. The summed E-state index contributed by atoms with van der Waals surface area (Å²) in [4.78, 5) is 41.0. The number of amides is 2. The number of guanidine groups is 1. The Morgan fingerprint density at radius 2 is 1.62 bits per heavy atom. The molecule has 1 heterocycles. The van der Waals surface area contributed by atoms with Crippen LogP contribution in [0.2, 0.25) is 0 Å². The first-order valence-electron chi connectivity index (χ1n) is 10.9. The normalized spacial score (nSPS) is 14.1. The Morgan fingerprint density at radius 1 is 1.03 bits per heavy atom. The summed E-state index contributed by atoms with van der Waals surface area (Å²) in [5.74, 6) is -2.41. The van der Waals surface area contributed by atoms with Crippen molar-refractivity contribution < 1.29 is 24.1 Å². The van der Waals surface area contributed by atoms with Crippen LogP contribution in [-0.4, -0.2) is 47.1 Å². The van der Waals surface area contributed by atoms with Gasteiger partial charge in [0.2, 0.25) is 11.9 Å². The second kappa shape index (κ2) is 11.6. The van der Waals surface area contributed by atoms with Crippen molar-refractivity contribution in [2.24, 2.45) is 16.5 Å². The summed E-state index contributed by atoms with van der Waals surface area (Å²) in [6.07, 6.45) is 3.38. The fraction of sp³-hybridized carbons (Fsp3) is 0.240. The van der Waals surface area contributed by atoms with Crippen LogP contribution in [0.3, 0.4) is 0 Å². The van der Waals surface area contributed by atoms with Gasteiger partial charge in [-0.1, -0.05) is 60.7 Å². The first kappa shape index (κ1) is 24.4. The zero-order chi connectivity index (χ0) is 24.5. The quantitative estimate of drug-likeness (QED) is 0.196. The Hall–Kier alpha value is -4.27. The second-order valence-corrected chi connectivity index (χ2v) is 7.84. The molecule has 3 rings (SSSR count). The molecule has 0 bridgehead atoms. The average Bonchev–Trinajstić information content (AvgIpc) is 2.83. The fourth-order valence-electron chi connectivity index (χ4n) is 3.74. The van der Waals surface area contributed by atoms with Crippen LogP contribution >= 0.6 is 0 Å². The first-order chi connectivity index (χ1) is 16.4. The summed E-state index contributed by atoms with van der Waals surface area (Å²) in [6, 6.07) is 17.6. The van der Waals surface area contributed by atoms with Gasteiger partial charge in [0.15, 0.2) is 12.2 Å². The Kier molecular flexibility index (Phi) is 8.28. The van der Waals surface area contributed by atoms with Gasteiger partial charge < -0.3 is 26.7 Å². The third kappa shape index (κ3) is 6.38. The number of carboxylic acid groups (broad SMARTS) is 1. The minimum atomic E-state index is -1.42. The van der Waals surface area contributed by atoms with E-state index in [-0.39, 0.29) is 42.9 Å². The van der Waals surface area contributed by atoms with E-state index in [1.807, 2.05) is 60.7 Å². The zero-order valence-electron chi connectivity index (χ0n) is 18.6. The van der Waals surface area contributed by atoms with Crippen LogP contribution < -0.4 is 21.9 Å². The molecule has 0 saturated heterocycles. The maximum atomic E-state index is 13.1. The van der Waals surface area contributed by atoms with Gasteiger partial charge in [-0.15, -0.1) is 0 Å². The highest BCUT2D eigenvalue weighted by atomic mass is 16.4. The van der Waals surface area contributed by atoms with Gasteiger partial charge >= 0.3 is 5.91 Å². The molecule has 0 saturated carbocycles. The lowest BCUT2D eigenvalue weighted by Crippen LogP contribution is -2.48. The molecular formula is C25H27N5O4. The smallest absolute Gasteiger partial charge is 0.392 e. The molecule has 9 heteroatoms. The van der Waals surface area contributed by atoms with Crippen LogP contribution in [0, 0.1) is 0 Å². The fourth-order valence-corrected chi connectivity index (χ4v) is 3.74. The topological polar surface area (TPSA) is 154 Å². The van der Waals surface area contributed by atoms with E-state index in [4.69, 9.17) is 11.5 Å². The summed E-state index contributed by atoms with van der Waals surface area (Å²) in [6.45, 7) is 0.228. The number of aliphatic carboxylic acids is 1.